The number of benzene rings is 2. The molecule has 0 radical (unpaired) electrons. The Morgan fingerprint density at radius 1 is 1.21 bits per heavy atom. The van der Waals surface area contributed by atoms with Crippen LogP contribution in [0.4, 0.5) is 5.69 Å². The number of non-ortho nitro benzene ring substituents is 1. The van der Waals surface area contributed by atoms with Gasteiger partial charge in [0.25, 0.3) is 5.69 Å². The Bertz CT molecular complexity index is 939. The first-order chi connectivity index (χ1) is 14.1. The summed E-state index contributed by atoms with van der Waals surface area (Å²) in [7, 11) is 0. The van der Waals surface area contributed by atoms with Gasteiger partial charge in [0.1, 0.15) is 6.23 Å². The van der Waals surface area contributed by atoms with E-state index in [1.54, 1.807) is 19.1 Å². The Labute approximate surface area is 168 Å². The summed E-state index contributed by atoms with van der Waals surface area (Å²) in [6.07, 6.45) is 1.07. The first-order valence-corrected chi connectivity index (χ1v) is 9.70. The summed E-state index contributed by atoms with van der Waals surface area (Å²) in [6, 6.07) is 16.3. The molecule has 7 heteroatoms. The van der Waals surface area contributed by atoms with Gasteiger partial charge in [-0.15, -0.1) is 0 Å². The molecule has 2 aliphatic heterocycles. The fourth-order valence-corrected chi connectivity index (χ4v) is 4.04. The summed E-state index contributed by atoms with van der Waals surface area (Å²) in [6.45, 7) is 2.58. The molecule has 1 fully saturated rings. The summed E-state index contributed by atoms with van der Waals surface area (Å²) in [4.78, 5) is 25.5. The quantitative estimate of drug-likeness (QED) is 0.432. The molecule has 0 bridgehead atoms. The number of esters is 1. The van der Waals surface area contributed by atoms with Crippen LogP contribution in [-0.4, -0.2) is 35.2 Å². The van der Waals surface area contributed by atoms with E-state index in [0.29, 0.717) is 25.0 Å². The Morgan fingerprint density at radius 2 is 1.93 bits per heavy atom. The lowest BCUT2D eigenvalue weighted by atomic mass is 9.93. The summed E-state index contributed by atoms with van der Waals surface area (Å²) in [5.41, 5.74) is 3.18. The van der Waals surface area contributed by atoms with Crippen molar-refractivity contribution in [3.63, 3.8) is 0 Å². The number of fused-ring (bicyclic) bond motifs is 1. The topological polar surface area (TPSA) is 81.9 Å². The number of nitro benzene ring substituents is 1. The average molecular weight is 394 g/mol. The van der Waals surface area contributed by atoms with Crippen molar-refractivity contribution in [3.05, 3.63) is 81.4 Å². The summed E-state index contributed by atoms with van der Waals surface area (Å²) >= 11 is 0. The van der Waals surface area contributed by atoms with E-state index in [1.165, 1.54) is 12.1 Å². The highest BCUT2D eigenvalue weighted by Crippen LogP contribution is 2.44. The van der Waals surface area contributed by atoms with Gasteiger partial charge in [0.15, 0.2) is 0 Å². The second-order valence-corrected chi connectivity index (χ2v) is 7.01. The molecule has 150 valence electrons. The fourth-order valence-electron chi connectivity index (χ4n) is 4.04. The van der Waals surface area contributed by atoms with E-state index < -0.39 is 4.92 Å². The van der Waals surface area contributed by atoms with E-state index in [4.69, 9.17) is 9.47 Å². The molecule has 0 aromatic heterocycles. The maximum atomic E-state index is 12.7. The predicted molar refractivity (Wildman–Crippen MR) is 107 cm³/mol. The number of carbonyl (C=O) groups excluding carboxylic acids is 1. The van der Waals surface area contributed by atoms with Crippen LogP contribution >= 0.6 is 0 Å². The van der Waals surface area contributed by atoms with E-state index in [9.17, 15) is 14.9 Å². The average Bonchev–Trinajstić information content (AvgIpc) is 3.18. The summed E-state index contributed by atoms with van der Waals surface area (Å²) in [5.74, 6) is -0.349. The van der Waals surface area contributed by atoms with Gasteiger partial charge in [-0.2, -0.15) is 0 Å². The minimum absolute atomic E-state index is 0.0108. The molecule has 2 aromatic rings. The normalized spacial score (nSPS) is 21.1. The van der Waals surface area contributed by atoms with Crippen molar-refractivity contribution in [2.45, 2.75) is 32.0 Å². The van der Waals surface area contributed by atoms with Gasteiger partial charge in [-0.3, -0.25) is 10.1 Å². The SMILES string of the molecule is CCOC(=O)C1=C(c2ccc([N+](=O)[O-])cc2)N2C(CC1)OCC2c1ccccc1. The number of ether oxygens (including phenoxy) is 2. The van der Waals surface area contributed by atoms with Crippen LogP contribution in [0.5, 0.6) is 0 Å². The zero-order valence-electron chi connectivity index (χ0n) is 16.1. The second-order valence-electron chi connectivity index (χ2n) is 7.01. The minimum Gasteiger partial charge on any atom is -0.463 e. The zero-order chi connectivity index (χ0) is 20.4. The lowest BCUT2D eigenvalue weighted by Crippen LogP contribution is -2.36. The molecule has 1 saturated heterocycles. The van der Waals surface area contributed by atoms with Crippen LogP contribution in [0.2, 0.25) is 0 Å². The van der Waals surface area contributed by atoms with Gasteiger partial charge >= 0.3 is 5.97 Å². The van der Waals surface area contributed by atoms with Gasteiger partial charge in [0, 0.05) is 12.1 Å². The molecule has 0 amide bonds. The molecule has 0 saturated carbocycles. The second kappa shape index (κ2) is 8.05. The molecule has 2 heterocycles. The summed E-state index contributed by atoms with van der Waals surface area (Å²) in [5, 5.41) is 11.1. The van der Waals surface area contributed by atoms with Gasteiger partial charge < -0.3 is 14.4 Å². The highest BCUT2D eigenvalue weighted by atomic mass is 16.6. The lowest BCUT2D eigenvalue weighted by Gasteiger charge is -2.37. The monoisotopic (exact) mass is 394 g/mol. The van der Waals surface area contributed by atoms with Crippen molar-refractivity contribution < 1.29 is 19.2 Å². The van der Waals surface area contributed by atoms with Crippen LogP contribution in [0.3, 0.4) is 0 Å². The van der Waals surface area contributed by atoms with Gasteiger partial charge in [0.2, 0.25) is 0 Å². The smallest absolute Gasteiger partial charge is 0.336 e. The summed E-state index contributed by atoms with van der Waals surface area (Å²) < 4.78 is 11.4. The first-order valence-electron chi connectivity index (χ1n) is 9.70. The molecule has 2 unspecified atom stereocenters. The molecule has 2 aliphatic rings. The molecule has 2 atom stereocenters. The lowest BCUT2D eigenvalue weighted by molar-refractivity contribution is -0.384. The molecule has 0 N–H and O–H groups in total. The van der Waals surface area contributed by atoms with Crippen molar-refractivity contribution in [1.29, 1.82) is 0 Å². The Hall–Kier alpha value is -3.19. The molecule has 7 nitrogen and oxygen atoms in total. The molecule has 0 aliphatic carbocycles. The molecule has 0 spiro atoms. The number of hydrogen-bond acceptors (Lipinski definition) is 6. The van der Waals surface area contributed by atoms with Crippen molar-refractivity contribution in [2.24, 2.45) is 0 Å². The van der Waals surface area contributed by atoms with Crippen LogP contribution in [0.15, 0.2) is 60.2 Å². The molecular formula is C22H22N2O5. The highest BCUT2D eigenvalue weighted by Gasteiger charge is 2.42. The van der Waals surface area contributed by atoms with Crippen molar-refractivity contribution in [2.75, 3.05) is 13.2 Å². The van der Waals surface area contributed by atoms with Gasteiger partial charge in [0.05, 0.1) is 35.4 Å². The maximum Gasteiger partial charge on any atom is 0.336 e. The van der Waals surface area contributed by atoms with Crippen LogP contribution < -0.4 is 0 Å². The zero-order valence-corrected chi connectivity index (χ0v) is 16.1. The Kier molecular flexibility index (Phi) is 5.31. The third-order valence-corrected chi connectivity index (χ3v) is 5.34. The fraction of sp³-hybridized carbons (Fsp3) is 0.318. The largest absolute Gasteiger partial charge is 0.463 e. The molecule has 29 heavy (non-hydrogen) atoms. The van der Waals surface area contributed by atoms with Crippen molar-refractivity contribution >= 4 is 17.4 Å². The van der Waals surface area contributed by atoms with E-state index in [-0.39, 0.29) is 30.5 Å². The van der Waals surface area contributed by atoms with Crippen molar-refractivity contribution in [3.8, 4) is 0 Å². The number of nitro groups is 1. The van der Waals surface area contributed by atoms with Crippen LogP contribution in [0.1, 0.15) is 36.9 Å². The predicted octanol–water partition coefficient (Wildman–Crippen LogP) is 4.06. The Balaban J connectivity index is 1.82. The molecule has 2 aromatic carbocycles. The third-order valence-electron chi connectivity index (χ3n) is 5.34. The Morgan fingerprint density at radius 3 is 2.59 bits per heavy atom. The number of hydrogen-bond donors (Lipinski definition) is 0. The first kappa shape index (κ1) is 19.1. The van der Waals surface area contributed by atoms with Crippen molar-refractivity contribution in [1.82, 2.24) is 4.90 Å². The highest BCUT2D eigenvalue weighted by molar-refractivity contribution is 5.97. The number of nitrogens with zero attached hydrogens (tertiary/aromatic N) is 2. The van der Waals surface area contributed by atoms with E-state index >= 15 is 0 Å². The molecular weight excluding hydrogens is 372 g/mol. The standard InChI is InChI=1S/C22H22N2O5/c1-2-28-22(25)18-12-13-20-23(19(14-29-20)15-6-4-3-5-7-15)21(18)16-8-10-17(11-9-16)24(26)27/h3-11,19-20H,2,12-14H2,1H3. The third kappa shape index (κ3) is 3.61. The number of rotatable bonds is 5. The van der Waals surface area contributed by atoms with E-state index in [2.05, 4.69) is 4.90 Å². The van der Waals surface area contributed by atoms with Gasteiger partial charge in [-0.1, -0.05) is 30.3 Å². The minimum atomic E-state index is -0.431. The van der Waals surface area contributed by atoms with Crippen LogP contribution in [0.25, 0.3) is 5.70 Å². The molecule has 4 rings (SSSR count). The van der Waals surface area contributed by atoms with Gasteiger partial charge in [-0.05, 0) is 43.0 Å². The van der Waals surface area contributed by atoms with Crippen LogP contribution in [0, 0.1) is 10.1 Å². The van der Waals surface area contributed by atoms with Crippen LogP contribution in [-0.2, 0) is 14.3 Å². The van der Waals surface area contributed by atoms with Gasteiger partial charge in [-0.25, -0.2) is 4.79 Å². The van der Waals surface area contributed by atoms with E-state index in [0.717, 1.165) is 16.8 Å². The maximum absolute atomic E-state index is 12.7. The number of carbonyl (C=O) groups is 1. The van der Waals surface area contributed by atoms with E-state index in [1.807, 2.05) is 30.3 Å².